The number of anilines is 3. The first kappa shape index (κ1) is 25.3. The van der Waals surface area contributed by atoms with Gasteiger partial charge in [0, 0.05) is 17.1 Å². The highest BCUT2D eigenvalue weighted by Crippen LogP contribution is 2.36. The van der Waals surface area contributed by atoms with Crippen molar-refractivity contribution < 1.29 is 14.9 Å². The molecule has 0 aliphatic carbocycles. The van der Waals surface area contributed by atoms with Crippen molar-refractivity contribution in [3.05, 3.63) is 133 Å². The van der Waals surface area contributed by atoms with E-state index in [0.717, 1.165) is 28.2 Å². The van der Waals surface area contributed by atoms with Crippen LogP contribution in [-0.4, -0.2) is 29.5 Å². The maximum absolute atomic E-state index is 9.49. The van der Waals surface area contributed by atoms with E-state index >= 15 is 0 Å². The Balaban J connectivity index is 1.41. The molecule has 5 aromatic carbocycles. The number of hydrogen-bond donors (Lipinski definition) is 2. The molecule has 38 heavy (non-hydrogen) atoms. The first-order valence-corrected chi connectivity index (χ1v) is 12.8. The minimum Gasteiger partial charge on any atom is -0.491 e. The van der Waals surface area contributed by atoms with Crippen molar-refractivity contribution in [2.75, 3.05) is 18.1 Å². The Morgan fingerprint density at radius 3 is 1.47 bits per heavy atom. The molecule has 0 saturated heterocycles. The van der Waals surface area contributed by atoms with Crippen LogP contribution in [0, 0.1) is 6.92 Å². The summed E-state index contributed by atoms with van der Waals surface area (Å²) in [6.07, 6.45) is -0.881. The van der Waals surface area contributed by atoms with Gasteiger partial charge in [0.15, 0.2) is 0 Å². The molecule has 0 aliphatic heterocycles. The fraction of sp³-hybridized carbons (Fsp3) is 0.118. The molecule has 5 rings (SSSR count). The topological polar surface area (TPSA) is 52.9 Å². The first-order chi connectivity index (χ1) is 18.6. The third-order valence-corrected chi connectivity index (χ3v) is 6.49. The van der Waals surface area contributed by atoms with Crippen molar-refractivity contribution in [3.63, 3.8) is 0 Å². The summed E-state index contributed by atoms with van der Waals surface area (Å²) in [6, 6.07) is 43.9. The van der Waals surface area contributed by atoms with Crippen LogP contribution >= 0.6 is 0 Å². The lowest BCUT2D eigenvalue weighted by Crippen LogP contribution is -2.21. The molecule has 0 aromatic heterocycles. The van der Waals surface area contributed by atoms with Gasteiger partial charge >= 0.3 is 0 Å². The summed E-state index contributed by atoms with van der Waals surface area (Å²) in [5.41, 5.74) is 9.04. The second kappa shape index (κ2) is 11.8. The van der Waals surface area contributed by atoms with Crippen molar-refractivity contribution in [3.8, 4) is 28.0 Å². The minimum atomic E-state index is -0.881. The minimum absolute atomic E-state index is 0.0612. The lowest BCUT2D eigenvalue weighted by molar-refractivity contribution is 0.0536. The second-order valence-corrected chi connectivity index (χ2v) is 9.30. The maximum Gasteiger partial charge on any atom is 0.119 e. The molecule has 0 amide bonds. The Hall–Kier alpha value is -4.38. The van der Waals surface area contributed by atoms with Gasteiger partial charge in [-0.05, 0) is 77.7 Å². The molecule has 0 aliphatic rings. The number of benzene rings is 5. The van der Waals surface area contributed by atoms with Gasteiger partial charge in [-0.25, -0.2) is 0 Å². The summed E-state index contributed by atoms with van der Waals surface area (Å²) >= 11 is 0. The van der Waals surface area contributed by atoms with Crippen LogP contribution in [0.15, 0.2) is 127 Å². The molecular weight excluding hydrogens is 470 g/mol. The SMILES string of the molecule is Cc1ccc(N(c2ccc(-c3ccccc3)cc2)c2ccc(-c3ccc(OCC(O)CO)cc3)cc2)cc1. The van der Waals surface area contributed by atoms with Crippen LogP contribution in [0.2, 0.25) is 0 Å². The standard InChI is InChI=1S/C34H31NO3/c1-25-7-15-30(16-8-25)35(31-17-9-27(10-18-31)26-5-3-2-4-6-26)32-19-11-28(12-20-32)29-13-21-34(22-14-29)38-24-33(37)23-36/h2-22,33,36-37H,23-24H2,1H3. The number of rotatable bonds is 9. The molecule has 0 heterocycles. The predicted molar refractivity (Wildman–Crippen MR) is 155 cm³/mol. The molecule has 2 N–H and O–H groups in total. The number of aryl methyl sites for hydroxylation is 1. The molecule has 0 radical (unpaired) electrons. The van der Waals surface area contributed by atoms with Gasteiger partial charge in [-0.1, -0.05) is 84.4 Å². The zero-order chi connectivity index (χ0) is 26.3. The van der Waals surface area contributed by atoms with Crippen LogP contribution in [0.5, 0.6) is 5.75 Å². The van der Waals surface area contributed by atoms with E-state index in [1.165, 1.54) is 16.7 Å². The number of aliphatic hydroxyl groups excluding tert-OH is 2. The van der Waals surface area contributed by atoms with E-state index in [4.69, 9.17) is 9.84 Å². The monoisotopic (exact) mass is 501 g/mol. The van der Waals surface area contributed by atoms with Crippen molar-refractivity contribution in [1.82, 2.24) is 0 Å². The van der Waals surface area contributed by atoms with Crippen LogP contribution in [0.4, 0.5) is 17.1 Å². The smallest absolute Gasteiger partial charge is 0.119 e. The van der Waals surface area contributed by atoms with Crippen LogP contribution in [0.1, 0.15) is 5.56 Å². The Morgan fingerprint density at radius 1 is 0.579 bits per heavy atom. The van der Waals surface area contributed by atoms with Crippen molar-refractivity contribution >= 4 is 17.1 Å². The van der Waals surface area contributed by atoms with E-state index < -0.39 is 6.10 Å². The van der Waals surface area contributed by atoms with E-state index in [2.05, 4.69) is 109 Å². The first-order valence-electron chi connectivity index (χ1n) is 12.8. The second-order valence-electron chi connectivity index (χ2n) is 9.30. The predicted octanol–water partition coefficient (Wildman–Crippen LogP) is 7.53. The fourth-order valence-electron chi connectivity index (χ4n) is 4.37. The van der Waals surface area contributed by atoms with E-state index in [0.29, 0.717) is 5.75 Å². The Labute approximate surface area is 224 Å². The van der Waals surface area contributed by atoms with Crippen molar-refractivity contribution in [1.29, 1.82) is 0 Å². The summed E-state index contributed by atoms with van der Waals surface area (Å²) < 4.78 is 5.53. The van der Waals surface area contributed by atoms with Gasteiger partial charge in [-0.3, -0.25) is 0 Å². The van der Waals surface area contributed by atoms with E-state index in [9.17, 15) is 5.11 Å². The van der Waals surface area contributed by atoms with Gasteiger partial charge in [-0.2, -0.15) is 0 Å². The highest BCUT2D eigenvalue weighted by Gasteiger charge is 2.13. The molecule has 0 spiro atoms. The van der Waals surface area contributed by atoms with Gasteiger partial charge in [0.05, 0.1) is 6.61 Å². The number of hydrogen-bond acceptors (Lipinski definition) is 4. The zero-order valence-electron chi connectivity index (χ0n) is 21.4. The Bertz CT molecular complexity index is 1430. The maximum atomic E-state index is 9.49. The molecule has 0 saturated carbocycles. The van der Waals surface area contributed by atoms with E-state index in [-0.39, 0.29) is 13.2 Å². The fourth-order valence-corrected chi connectivity index (χ4v) is 4.37. The van der Waals surface area contributed by atoms with Gasteiger partial charge in [0.1, 0.15) is 18.5 Å². The zero-order valence-corrected chi connectivity index (χ0v) is 21.4. The molecule has 0 fully saturated rings. The highest BCUT2D eigenvalue weighted by molar-refractivity contribution is 5.79. The van der Waals surface area contributed by atoms with Crippen LogP contribution < -0.4 is 9.64 Å². The van der Waals surface area contributed by atoms with Crippen LogP contribution in [0.25, 0.3) is 22.3 Å². The number of aliphatic hydroxyl groups is 2. The largest absolute Gasteiger partial charge is 0.491 e. The highest BCUT2D eigenvalue weighted by atomic mass is 16.5. The molecule has 0 bridgehead atoms. The molecular formula is C34H31NO3. The quantitative estimate of drug-likeness (QED) is 0.219. The van der Waals surface area contributed by atoms with Crippen LogP contribution in [-0.2, 0) is 0 Å². The van der Waals surface area contributed by atoms with Gasteiger partial charge in [-0.15, -0.1) is 0 Å². The number of ether oxygens (including phenoxy) is 1. The van der Waals surface area contributed by atoms with E-state index in [1.54, 1.807) is 0 Å². The van der Waals surface area contributed by atoms with Gasteiger partial charge < -0.3 is 19.8 Å². The van der Waals surface area contributed by atoms with Crippen molar-refractivity contribution in [2.24, 2.45) is 0 Å². The van der Waals surface area contributed by atoms with Gasteiger partial charge in [0.25, 0.3) is 0 Å². The Morgan fingerprint density at radius 2 is 1.00 bits per heavy atom. The van der Waals surface area contributed by atoms with E-state index in [1.807, 2.05) is 30.3 Å². The third kappa shape index (κ3) is 5.94. The molecule has 5 aromatic rings. The molecule has 1 unspecified atom stereocenters. The normalized spacial score (nSPS) is 11.7. The average Bonchev–Trinajstić information content (AvgIpc) is 2.98. The number of nitrogens with zero attached hydrogens (tertiary/aromatic N) is 1. The lowest BCUT2D eigenvalue weighted by Gasteiger charge is -2.26. The molecule has 4 heteroatoms. The molecule has 190 valence electrons. The third-order valence-electron chi connectivity index (χ3n) is 6.49. The summed E-state index contributed by atoms with van der Waals surface area (Å²) in [7, 11) is 0. The Kier molecular flexibility index (Phi) is 7.84. The summed E-state index contributed by atoms with van der Waals surface area (Å²) in [5, 5.41) is 18.4. The molecule has 1 atom stereocenters. The average molecular weight is 502 g/mol. The lowest BCUT2D eigenvalue weighted by atomic mass is 10.0. The summed E-state index contributed by atoms with van der Waals surface area (Å²) in [6.45, 7) is 1.84. The molecule has 4 nitrogen and oxygen atoms in total. The summed E-state index contributed by atoms with van der Waals surface area (Å²) in [4.78, 5) is 2.27. The van der Waals surface area contributed by atoms with Crippen molar-refractivity contribution in [2.45, 2.75) is 13.0 Å². The van der Waals surface area contributed by atoms with Crippen LogP contribution in [0.3, 0.4) is 0 Å². The summed E-state index contributed by atoms with van der Waals surface area (Å²) in [5.74, 6) is 0.655. The van der Waals surface area contributed by atoms with Gasteiger partial charge in [0.2, 0.25) is 0 Å².